The number of halogens is 2. The molecule has 1 aromatic carbocycles. The predicted molar refractivity (Wildman–Crippen MR) is 50.7 cm³/mol. The minimum absolute atomic E-state index is 0.0376. The summed E-state index contributed by atoms with van der Waals surface area (Å²) >= 11 is 5.29. The predicted octanol–water partition coefficient (Wildman–Crippen LogP) is 2.32. The number of benzene rings is 1. The zero-order valence-corrected chi connectivity index (χ0v) is 7.71. The molecule has 0 spiro atoms. The zero-order chi connectivity index (χ0) is 10.6. The Kier molecular flexibility index (Phi) is 3.43. The Labute approximate surface area is 84.6 Å². The molecule has 0 aliphatic heterocycles. The van der Waals surface area contributed by atoms with Gasteiger partial charge in [0.15, 0.2) is 0 Å². The van der Waals surface area contributed by atoms with Crippen LogP contribution in [0.1, 0.15) is 5.56 Å². The molecule has 1 rings (SSSR count). The molecule has 5 heteroatoms. The fraction of sp³-hybridized carbons (Fsp3) is 0.111. The van der Waals surface area contributed by atoms with Gasteiger partial charge in [-0.1, -0.05) is 17.9 Å². The standard InChI is InChI=1S/C9H5ClFNO2/c10-6-2-4-7-3-1-5-8(11)9(7)12(13)14/h1,3,5H,6H2. The zero-order valence-electron chi connectivity index (χ0n) is 6.96. The van der Waals surface area contributed by atoms with Crippen molar-refractivity contribution >= 4 is 17.3 Å². The van der Waals surface area contributed by atoms with Gasteiger partial charge < -0.3 is 0 Å². The van der Waals surface area contributed by atoms with Gasteiger partial charge in [0.05, 0.1) is 10.8 Å². The summed E-state index contributed by atoms with van der Waals surface area (Å²) in [7, 11) is 0. The van der Waals surface area contributed by atoms with Gasteiger partial charge in [0.25, 0.3) is 0 Å². The van der Waals surface area contributed by atoms with Gasteiger partial charge >= 0.3 is 5.69 Å². The third-order valence-electron chi connectivity index (χ3n) is 1.46. The molecule has 0 radical (unpaired) electrons. The molecule has 0 unspecified atom stereocenters. The van der Waals surface area contributed by atoms with Crippen LogP contribution in [0.4, 0.5) is 10.1 Å². The normalized spacial score (nSPS) is 9.00. The minimum Gasteiger partial charge on any atom is -0.258 e. The number of hydrogen-bond donors (Lipinski definition) is 0. The molecule has 14 heavy (non-hydrogen) atoms. The highest BCUT2D eigenvalue weighted by atomic mass is 35.5. The van der Waals surface area contributed by atoms with Crippen molar-refractivity contribution in [3.05, 3.63) is 39.7 Å². The number of nitro groups is 1. The summed E-state index contributed by atoms with van der Waals surface area (Å²) in [6, 6.07) is 3.76. The number of rotatable bonds is 1. The molecule has 0 fully saturated rings. The molecule has 0 aromatic heterocycles. The van der Waals surface area contributed by atoms with Crippen molar-refractivity contribution in [2.45, 2.75) is 0 Å². The highest BCUT2D eigenvalue weighted by Gasteiger charge is 2.17. The molecule has 0 atom stereocenters. The molecule has 0 saturated heterocycles. The number of para-hydroxylation sites is 1. The molecule has 1 aromatic rings. The summed E-state index contributed by atoms with van der Waals surface area (Å²) in [5.41, 5.74) is -0.569. The van der Waals surface area contributed by atoms with E-state index in [1.165, 1.54) is 12.1 Å². The van der Waals surface area contributed by atoms with E-state index in [0.29, 0.717) is 0 Å². The van der Waals surface area contributed by atoms with Crippen LogP contribution in [0.2, 0.25) is 0 Å². The van der Waals surface area contributed by atoms with E-state index in [0.717, 1.165) is 6.07 Å². The van der Waals surface area contributed by atoms with Crippen LogP contribution in [0.5, 0.6) is 0 Å². The van der Waals surface area contributed by atoms with Crippen molar-refractivity contribution < 1.29 is 9.31 Å². The van der Waals surface area contributed by atoms with Crippen LogP contribution in [-0.2, 0) is 0 Å². The second kappa shape index (κ2) is 4.58. The monoisotopic (exact) mass is 213 g/mol. The summed E-state index contributed by atoms with van der Waals surface area (Å²) in [6.45, 7) is 0. The van der Waals surface area contributed by atoms with Crippen LogP contribution >= 0.6 is 11.6 Å². The summed E-state index contributed by atoms with van der Waals surface area (Å²) in [5.74, 6) is 4.01. The Bertz CT molecular complexity index is 423. The average Bonchev–Trinajstić information content (AvgIpc) is 2.14. The van der Waals surface area contributed by atoms with Gasteiger partial charge in [-0.2, -0.15) is 4.39 Å². The summed E-state index contributed by atoms with van der Waals surface area (Å²) in [5, 5.41) is 10.5. The van der Waals surface area contributed by atoms with Crippen LogP contribution in [0.3, 0.4) is 0 Å². The fourth-order valence-corrected chi connectivity index (χ4v) is 0.997. The number of nitrogens with zero attached hydrogens (tertiary/aromatic N) is 1. The largest absolute Gasteiger partial charge is 0.320 e. The topological polar surface area (TPSA) is 43.1 Å². The molecule has 3 nitrogen and oxygen atoms in total. The summed E-state index contributed by atoms with van der Waals surface area (Å²) < 4.78 is 13.0. The van der Waals surface area contributed by atoms with Gasteiger partial charge in [0, 0.05) is 0 Å². The molecule has 0 bridgehead atoms. The smallest absolute Gasteiger partial charge is 0.258 e. The number of nitro benzene ring substituents is 1. The van der Waals surface area contributed by atoms with Crippen LogP contribution in [0.25, 0.3) is 0 Å². The molecular formula is C9H5ClFNO2. The van der Waals surface area contributed by atoms with Crippen molar-refractivity contribution in [1.82, 2.24) is 0 Å². The van der Waals surface area contributed by atoms with Gasteiger partial charge in [0.2, 0.25) is 5.82 Å². The first-order chi connectivity index (χ1) is 6.66. The average molecular weight is 214 g/mol. The minimum atomic E-state index is -0.892. The quantitative estimate of drug-likeness (QED) is 0.311. The second-order valence-corrected chi connectivity index (χ2v) is 2.60. The lowest BCUT2D eigenvalue weighted by atomic mass is 10.2. The van der Waals surface area contributed by atoms with Gasteiger partial charge in [-0.05, 0) is 12.1 Å². The third-order valence-corrected chi connectivity index (χ3v) is 1.59. The van der Waals surface area contributed by atoms with Crippen molar-refractivity contribution in [2.75, 3.05) is 5.88 Å². The lowest BCUT2D eigenvalue weighted by molar-refractivity contribution is -0.387. The Balaban J connectivity index is 3.28. The Morgan fingerprint density at radius 1 is 1.57 bits per heavy atom. The van der Waals surface area contributed by atoms with E-state index in [1.807, 2.05) is 0 Å². The van der Waals surface area contributed by atoms with E-state index in [9.17, 15) is 14.5 Å². The van der Waals surface area contributed by atoms with Crippen molar-refractivity contribution in [1.29, 1.82) is 0 Å². The van der Waals surface area contributed by atoms with Gasteiger partial charge in [-0.3, -0.25) is 10.1 Å². The Morgan fingerprint density at radius 2 is 2.29 bits per heavy atom. The van der Waals surface area contributed by atoms with Crippen LogP contribution in [0, 0.1) is 27.8 Å². The highest BCUT2D eigenvalue weighted by molar-refractivity contribution is 6.19. The van der Waals surface area contributed by atoms with E-state index < -0.39 is 16.4 Å². The highest BCUT2D eigenvalue weighted by Crippen LogP contribution is 2.20. The second-order valence-electron chi connectivity index (χ2n) is 2.33. The molecule has 0 heterocycles. The fourth-order valence-electron chi connectivity index (χ4n) is 0.930. The molecule has 0 aliphatic carbocycles. The van der Waals surface area contributed by atoms with E-state index >= 15 is 0 Å². The lowest BCUT2D eigenvalue weighted by Crippen LogP contribution is -1.95. The third kappa shape index (κ3) is 2.21. The number of alkyl halides is 1. The maximum absolute atomic E-state index is 13.0. The lowest BCUT2D eigenvalue weighted by Gasteiger charge is -1.95. The molecule has 0 amide bonds. The van der Waals surface area contributed by atoms with Crippen molar-refractivity contribution in [3.8, 4) is 11.8 Å². The van der Waals surface area contributed by atoms with Crippen LogP contribution in [0.15, 0.2) is 18.2 Å². The Morgan fingerprint density at radius 3 is 2.86 bits per heavy atom. The molecule has 0 N–H and O–H groups in total. The number of hydrogen-bond acceptors (Lipinski definition) is 2. The first-order valence-corrected chi connectivity index (χ1v) is 4.18. The van der Waals surface area contributed by atoms with E-state index in [4.69, 9.17) is 11.6 Å². The first-order valence-electron chi connectivity index (χ1n) is 3.64. The van der Waals surface area contributed by atoms with E-state index in [1.54, 1.807) is 0 Å². The molecular weight excluding hydrogens is 209 g/mol. The summed E-state index contributed by atoms with van der Waals surface area (Å²) in [4.78, 5) is 9.67. The van der Waals surface area contributed by atoms with Crippen LogP contribution in [-0.4, -0.2) is 10.8 Å². The first kappa shape index (κ1) is 10.5. The molecule has 0 saturated carbocycles. The Hall–Kier alpha value is -1.60. The maximum Gasteiger partial charge on any atom is 0.320 e. The summed E-state index contributed by atoms with van der Waals surface area (Å²) in [6.07, 6.45) is 0. The molecule has 0 aliphatic rings. The SMILES string of the molecule is O=[N+]([O-])c1c(F)cccc1C#CCCl. The van der Waals surface area contributed by atoms with Crippen molar-refractivity contribution in [3.63, 3.8) is 0 Å². The van der Waals surface area contributed by atoms with E-state index in [2.05, 4.69) is 11.8 Å². The molecule has 72 valence electrons. The van der Waals surface area contributed by atoms with E-state index in [-0.39, 0.29) is 11.4 Å². The maximum atomic E-state index is 13.0. The van der Waals surface area contributed by atoms with Gasteiger partial charge in [-0.15, -0.1) is 11.6 Å². The van der Waals surface area contributed by atoms with Gasteiger partial charge in [-0.25, -0.2) is 0 Å². The van der Waals surface area contributed by atoms with Crippen molar-refractivity contribution in [2.24, 2.45) is 0 Å². The van der Waals surface area contributed by atoms with Crippen LogP contribution < -0.4 is 0 Å². The van der Waals surface area contributed by atoms with Gasteiger partial charge in [0.1, 0.15) is 5.56 Å².